The molecule has 3 atom stereocenters. The van der Waals surface area contributed by atoms with Crippen molar-refractivity contribution < 1.29 is 0 Å². The number of nitrogens with zero attached hydrogens (tertiary/aromatic N) is 1. The van der Waals surface area contributed by atoms with Crippen molar-refractivity contribution in [3.05, 3.63) is 12.3 Å². The number of hydrogen-bond acceptors (Lipinski definition) is 3. The normalized spacial score (nSPS) is 30.3. The molecule has 1 heterocycles. The lowest BCUT2D eigenvalue weighted by Gasteiger charge is -2.41. The Bertz CT molecular complexity index is 402. The molecule has 0 amide bonds. The molecule has 0 aromatic rings. The number of hydrazone groups is 1. The van der Waals surface area contributed by atoms with Crippen LogP contribution in [-0.4, -0.2) is 11.8 Å². The first-order valence-electron chi connectivity index (χ1n) is 9.97. The van der Waals surface area contributed by atoms with Gasteiger partial charge < -0.3 is 11.2 Å². The molecule has 1 saturated carbocycles. The lowest BCUT2D eigenvalue weighted by molar-refractivity contribution is 0.270. The van der Waals surface area contributed by atoms with Crippen LogP contribution in [0.2, 0.25) is 0 Å². The number of allylic oxidation sites excluding steroid dienone is 1. The molecule has 3 heteroatoms. The molecule has 0 radical (unpaired) electrons. The molecule has 3 nitrogen and oxygen atoms in total. The third-order valence-electron chi connectivity index (χ3n) is 5.92. The van der Waals surface area contributed by atoms with Gasteiger partial charge in [-0.15, -0.1) is 0 Å². The monoisotopic (exact) mass is 319 g/mol. The van der Waals surface area contributed by atoms with Crippen molar-refractivity contribution >= 4 is 5.71 Å². The molecule has 132 valence electrons. The highest BCUT2D eigenvalue weighted by Crippen LogP contribution is 2.47. The summed E-state index contributed by atoms with van der Waals surface area (Å²) < 4.78 is 0. The maximum absolute atomic E-state index is 5.67. The molecule has 0 aromatic heterocycles. The van der Waals surface area contributed by atoms with Gasteiger partial charge in [-0.1, -0.05) is 64.9 Å². The van der Waals surface area contributed by atoms with Crippen molar-refractivity contribution in [3.63, 3.8) is 0 Å². The summed E-state index contributed by atoms with van der Waals surface area (Å²) in [6.45, 7) is 4.57. The van der Waals surface area contributed by atoms with Gasteiger partial charge in [0.2, 0.25) is 0 Å². The average Bonchev–Trinajstić information content (AvgIpc) is 2.98. The molecule has 3 unspecified atom stereocenters. The maximum atomic E-state index is 5.67. The molecule has 0 saturated heterocycles. The molecule has 1 aliphatic heterocycles. The molecule has 2 rings (SSSR count). The minimum Gasteiger partial charge on any atom is -0.405 e. The molecule has 0 spiro atoms. The molecule has 0 aromatic carbocycles. The summed E-state index contributed by atoms with van der Waals surface area (Å²) in [5.74, 6) is 0.674. The summed E-state index contributed by atoms with van der Waals surface area (Å²) >= 11 is 0. The Kier molecular flexibility index (Phi) is 7.45. The quantitative estimate of drug-likeness (QED) is 0.549. The second-order valence-corrected chi connectivity index (χ2v) is 7.60. The predicted octanol–water partition coefficient (Wildman–Crippen LogP) is 5.12. The van der Waals surface area contributed by atoms with Gasteiger partial charge >= 0.3 is 0 Å². The van der Waals surface area contributed by atoms with Crippen molar-refractivity contribution in [3.8, 4) is 0 Å². The van der Waals surface area contributed by atoms with Crippen LogP contribution in [0.15, 0.2) is 17.4 Å². The number of hydrogen-bond donors (Lipinski definition) is 2. The third-order valence-corrected chi connectivity index (χ3v) is 5.92. The Labute approximate surface area is 143 Å². The highest BCUT2D eigenvalue weighted by Gasteiger charge is 2.46. The zero-order valence-electron chi connectivity index (χ0n) is 15.3. The van der Waals surface area contributed by atoms with Crippen LogP contribution in [0.5, 0.6) is 0 Å². The van der Waals surface area contributed by atoms with E-state index in [1.807, 2.05) is 0 Å². The van der Waals surface area contributed by atoms with Crippen molar-refractivity contribution in [2.75, 3.05) is 0 Å². The summed E-state index contributed by atoms with van der Waals surface area (Å²) in [7, 11) is 0. The SMILES string of the molecule is CCCCCC1NN=C2C1CCCC2(CC=CN)CCCCC. The van der Waals surface area contributed by atoms with Gasteiger partial charge in [0.1, 0.15) is 0 Å². The molecule has 3 N–H and O–H groups in total. The fourth-order valence-corrected chi connectivity index (χ4v) is 4.60. The van der Waals surface area contributed by atoms with Crippen LogP contribution < -0.4 is 11.2 Å². The van der Waals surface area contributed by atoms with E-state index in [4.69, 9.17) is 10.8 Å². The number of unbranched alkanes of at least 4 members (excludes halogenated alkanes) is 4. The summed E-state index contributed by atoms with van der Waals surface area (Å²) in [6.07, 6.45) is 19.4. The van der Waals surface area contributed by atoms with E-state index in [0.717, 1.165) is 6.42 Å². The summed E-state index contributed by atoms with van der Waals surface area (Å²) in [4.78, 5) is 0. The number of nitrogens with two attached hydrogens (primary N) is 1. The van der Waals surface area contributed by atoms with E-state index < -0.39 is 0 Å². The first kappa shape index (κ1) is 18.4. The Morgan fingerprint density at radius 2 is 2.00 bits per heavy atom. The fourth-order valence-electron chi connectivity index (χ4n) is 4.60. The van der Waals surface area contributed by atoms with E-state index in [0.29, 0.717) is 12.0 Å². The van der Waals surface area contributed by atoms with Crippen LogP contribution in [-0.2, 0) is 0 Å². The third kappa shape index (κ3) is 4.51. The largest absolute Gasteiger partial charge is 0.405 e. The number of rotatable bonds is 10. The first-order chi connectivity index (χ1) is 11.3. The summed E-state index contributed by atoms with van der Waals surface area (Å²) in [5, 5.41) is 4.90. The molecule has 0 bridgehead atoms. The maximum Gasteiger partial charge on any atom is 0.0521 e. The zero-order valence-corrected chi connectivity index (χ0v) is 15.3. The van der Waals surface area contributed by atoms with Crippen molar-refractivity contribution in [1.29, 1.82) is 0 Å². The first-order valence-corrected chi connectivity index (χ1v) is 9.97. The van der Waals surface area contributed by atoms with Gasteiger partial charge in [-0.25, -0.2) is 0 Å². The molecule has 2 aliphatic rings. The van der Waals surface area contributed by atoms with Crippen LogP contribution in [0.3, 0.4) is 0 Å². The van der Waals surface area contributed by atoms with E-state index in [1.54, 1.807) is 6.20 Å². The standard InChI is InChI=1S/C20H37N3/c1-3-5-7-12-18-17-11-9-14-20(15-10-16-21,13-8-6-4-2)19(17)23-22-18/h10,16-18,22H,3-9,11-15,21H2,1-2H3. The fraction of sp³-hybridized carbons (Fsp3) is 0.850. The Balaban J connectivity index is 2.06. The van der Waals surface area contributed by atoms with Gasteiger partial charge in [-0.2, -0.15) is 5.10 Å². The Morgan fingerprint density at radius 3 is 2.74 bits per heavy atom. The average molecular weight is 320 g/mol. The second kappa shape index (κ2) is 9.34. The summed E-state index contributed by atoms with van der Waals surface area (Å²) in [6, 6.07) is 0.587. The van der Waals surface area contributed by atoms with Crippen LogP contribution >= 0.6 is 0 Å². The lowest BCUT2D eigenvalue weighted by Crippen LogP contribution is -2.42. The van der Waals surface area contributed by atoms with E-state index in [-0.39, 0.29) is 5.41 Å². The van der Waals surface area contributed by atoms with Crippen LogP contribution in [0, 0.1) is 11.3 Å². The molecule has 1 aliphatic carbocycles. The molecule has 1 fully saturated rings. The van der Waals surface area contributed by atoms with E-state index in [2.05, 4.69) is 25.3 Å². The number of fused-ring (bicyclic) bond motifs is 1. The Hall–Kier alpha value is -0.990. The number of nitrogens with one attached hydrogen (secondary N) is 1. The molecule has 23 heavy (non-hydrogen) atoms. The van der Waals surface area contributed by atoms with E-state index in [1.165, 1.54) is 76.3 Å². The van der Waals surface area contributed by atoms with Gasteiger partial charge in [0, 0.05) is 17.0 Å². The highest BCUT2D eigenvalue weighted by atomic mass is 15.3. The van der Waals surface area contributed by atoms with Gasteiger partial charge in [-0.3, -0.25) is 0 Å². The van der Waals surface area contributed by atoms with E-state index in [9.17, 15) is 0 Å². The minimum absolute atomic E-state index is 0.278. The van der Waals surface area contributed by atoms with Crippen LogP contribution in [0.25, 0.3) is 0 Å². The van der Waals surface area contributed by atoms with Crippen LogP contribution in [0.4, 0.5) is 0 Å². The van der Waals surface area contributed by atoms with E-state index >= 15 is 0 Å². The zero-order chi connectivity index (χ0) is 16.5. The van der Waals surface area contributed by atoms with Gasteiger partial charge in [-0.05, 0) is 38.3 Å². The molecular formula is C20H37N3. The topological polar surface area (TPSA) is 50.4 Å². The second-order valence-electron chi connectivity index (χ2n) is 7.60. The minimum atomic E-state index is 0.278. The van der Waals surface area contributed by atoms with Crippen molar-refractivity contribution in [1.82, 2.24) is 5.43 Å². The van der Waals surface area contributed by atoms with Gasteiger partial charge in [0.05, 0.1) is 6.04 Å². The van der Waals surface area contributed by atoms with Gasteiger partial charge in [0.15, 0.2) is 0 Å². The summed E-state index contributed by atoms with van der Waals surface area (Å²) in [5.41, 5.74) is 10.9. The van der Waals surface area contributed by atoms with Crippen LogP contribution in [0.1, 0.15) is 90.9 Å². The smallest absolute Gasteiger partial charge is 0.0521 e. The molecular weight excluding hydrogens is 282 g/mol. The Morgan fingerprint density at radius 1 is 1.22 bits per heavy atom. The predicted molar refractivity (Wildman–Crippen MR) is 100 cm³/mol. The van der Waals surface area contributed by atoms with Gasteiger partial charge in [0.25, 0.3) is 0 Å². The lowest BCUT2D eigenvalue weighted by atomic mass is 9.62. The highest BCUT2D eigenvalue weighted by molar-refractivity contribution is 5.94. The van der Waals surface area contributed by atoms with Crippen molar-refractivity contribution in [2.45, 2.75) is 96.9 Å². The van der Waals surface area contributed by atoms with Crippen molar-refractivity contribution in [2.24, 2.45) is 22.2 Å².